The van der Waals surface area contributed by atoms with Gasteiger partial charge in [0.25, 0.3) is 5.91 Å². The molecule has 1 aliphatic rings. The third kappa shape index (κ3) is 3.75. The number of aromatic amines is 1. The summed E-state index contributed by atoms with van der Waals surface area (Å²) < 4.78 is 26.6. The largest absolute Gasteiger partial charge is 0.338 e. The average molecular weight is 319 g/mol. The van der Waals surface area contributed by atoms with E-state index < -0.39 is 11.6 Å². The van der Waals surface area contributed by atoms with Crippen LogP contribution in [-0.4, -0.2) is 34.1 Å². The van der Waals surface area contributed by atoms with Crippen LogP contribution >= 0.6 is 0 Å². The van der Waals surface area contributed by atoms with Crippen LogP contribution in [0.1, 0.15) is 35.2 Å². The molecule has 4 nitrogen and oxygen atoms in total. The minimum atomic E-state index is -0.555. The van der Waals surface area contributed by atoms with Gasteiger partial charge in [-0.1, -0.05) is 6.07 Å². The van der Waals surface area contributed by atoms with Crippen LogP contribution in [0.5, 0.6) is 0 Å². The van der Waals surface area contributed by atoms with E-state index in [0.717, 1.165) is 31.9 Å². The number of H-pyrrole nitrogens is 1. The molecule has 6 heteroatoms. The van der Waals surface area contributed by atoms with Gasteiger partial charge in [0.1, 0.15) is 11.6 Å². The lowest BCUT2D eigenvalue weighted by molar-refractivity contribution is 0.0668. The van der Waals surface area contributed by atoms with Gasteiger partial charge in [-0.25, -0.2) is 8.78 Å². The van der Waals surface area contributed by atoms with Crippen LogP contribution in [0.3, 0.4) is 0 Å². The van der Waals surface area contributed by atoms with Gasteiger partial charge in [-0.15, -0.1) is 0 Å². The Morgan fingerprint density at radius 1 is 1.39 bits per heavy atom. The van der Waals surface area contributed by atoms with E-state index in [2.05, 4.69) is 10.2 Å². The molecular formula is C17H19F2N3O. The maximum absolute atomic E-state index is 13.7. The number of hydrogen-bond donors (Lipinski definition) is 1. The van der Waals surface area contributed by atoms with Crippen LogP contribution in [0.15, 0.2) is 30.6 Å². The third-order valence-electron chi connectivity index (χ3n) is 4.39. The first kappa shape index (κ1) is 15.6. The van der Waals surface area contributed by atoms with Crippen LogP contribution in [0.4, 0.5) is 8.78 Å². The second-order valence-corrected chi connectivity index (χ2v) is 6.02. The van der Waals surface area contributed by atoms with Crippen molar-refractivity contribution in [2.75, 3.05) is 13.1 Å². The molecule has 2 aromatic rings. The number of hydrogen-bond acceptors (Lipinski definition) is 2. The predicted molar refractivity (Wildman–Crippen MR) is 81.9 cm³/mol. The number of carbonyl (C=O) groups is 1. The van der Waals surface area contributed by atoms with Gasteiger partial charge in [0.15, 0.2) is 0 Å². The maximum atomic E-state index is 13.7. The molecule has 23 heavy (non-hydrogen) atoms. The van der Waals surface area contributed by atoms with E-state index in [9.17, 15) is 13.6 Å². The van der Waals surface area contributed by atoms with E-state index >= 15 is 0 Å². The molecule has 122 valence electrons. The zero-order chi connectivity index (χ0) is 16.2. The second kappa shape index (κ2) is 6.89. The molecule has 2 heterocycles. The highest BCUT2D eigenvalue weighted by molar-refractivity contribution is 5.93. The summed E-state index contributed by atoms with van der Waals surface area (Å²) in [5.74, 6) is -0.728. The Bertz CT molecular complexity index is 672. The Kier molecular flexibility index (Phi) is 4.69. The molecular weight excluding hydrogens is 300 g/mol. The summed E-state index contributed by atoms with van der Waals surface area (Å²) in [4.78, 5) is 14.2. The fourth-order valence-corrected chi connectivity index (χ4v) is 3.12. The summed E-state index contributed by atoms with van der Waals surface area (Å²) in [5.41, 5.74) is 1.10. The highest BCUT2D eigenvalue weighted by atomic mass is 19.1. The molecule has 1 aromatic carbocycles. The molecule has 1 aromatic heterocycles. The zero-order valence-corrected chi connectivity index (χ0v) is 12.8. The van der Waals surface area contributed by atoms with E-state index in [4.69, 9.17) is 0 Å². The van der Waals surface area contributed by atoms with E-state index in [0.29, 0.717) is 30.0 Å². The lowest BCUT2D eigenvalue weighted by atomic mass is 9.91. The van der Waals surface area contributed by atoms with Gasteiger partial charge in [0.2, 0.25) is 0 Å². The highest BCUT2D eigenvalue weighted by Gasteiger charge is 2.25. The molecule has 1 amide bonds. The normalized spacial score (nSPS) is 18.2. The fraction of sp³-hybridized carbons (Fsp3) is 0.412. The van der Waals surface area contributed by atoms with Gasteiger partial charge in [-0.2, -0.15) is 5.10 Å². The number of carbonyl (C=O) groups excluding carboxylic acids is 1. The molecule has 1 aliphatic heterocycles. The number of piperidine rings is 1. The third-order valence-corrected chi connectivity index (χ3v) is 4.39. The van der Waals surface area contributed by atoms with Crippen LogP contribution in [-0.2, 0) is 6.42 Å². The number of amides is 1. The SMILES string of the molecule is O=C(c1cn[nH]c1)N1CCCC(CCc2ccc(F)cc2F)C1. The van der Waals surface area contributed by atoms with Crippen LogP contribution in [0, 0.1) is 17.6 Å². The standard InChI is InChI=1S/C17H19F2N3O/c18-15-6-5-13(16(19)8-15)4-3-12-2-1-7-22(11-12)17(23)14-9-20-21-10-14/h5-6,8-10,12H,1-4,7,11H2,(H,20,21). The molecule has 0 radical (unpaired) electrons. The van der Waals surface area contributed by atoms with Gasteiger partial charge in [0, 0.05) is 25.4 Å². The van der Waals surface area contributed by atoms with Gasteiger partial charge in [-0.3, -0.25) is 9.89 Å². The van der Waals surface area contributed by atoms with Crippen LogP contribution in [0.25, 0.3) is 0 Å². The molecule has 1 N–H and O–H groups in total. The van der Waals surface area contributed by atoms with Crippen molar-refractivity contribution in [2.24, 2.45) is 5.92 Å². The molecule has 1 saturated heterocycles. The molecule has 0 spiro atoms. The van der Waals surface area contributed by atoms with Gasteiger partial charge in [0.05, 0.1) is 11.8 Å². The molecule has 1 unspecified atom stereocenters. The quantitative estimate of drug-likeness (QED) is 0.941. The zero-order valence-electron chi connectivity index (χ0n) is 12.8. The number of nitrogens with zero attached hydrogens (tertiary/aromatic N) is 2. The van der Waals surface area contributed by atoms with E-state index in [1.807, 2.05) is 4.90 Å². The Morgan fingerprint density at radius 2 is 2.26 bits per heavy atom. The van der Waals surface area contributed by atoms with Gasteiger partial charge in [-0.05, 0) is 43.2 Å². The Balaban J connectivity index is 1.57. The average Bonchev–Trinajstić information content (AvgIpc) is 3.08. The van der Waals surface area contributed by atoms with Crippen molar-refractivity contribution < 1.29 is 13.6 Å². The van der Waals surface area contributed by atoms with Crippen molar-refractivity contribution in [3.05, 3.63) is 53.4 Å². The molecule has 1 atom stereocenters. The highest BCUT2D eigenvalue weighted by Crippen LogP contribution is 2.23. The first-order chi connectivity index (χ1) is 11.1. The van der Waals surface area contributed by atoms with E-state index in [1.165, 1.54) is 18.3 Å². The summed E-state index contributed by atoms with van der Waals surface area (Å²) in [7, 11) is 0. The number of likely N-dealkylation sites (tertiary alicyclic amines) is 1. The number of aryl methyl sites for hydroxylation is 1. The Hall–Kier alpha value is -2.24. The monoisotopic (exact) mass is 319 g/mol. The number of benzene rings is 1. The second-order valence-electron chi connectivity index (χ2n) is 6.02. The fourth-order valence-electron chi connectivity index (χ4n) is 3.12. The van der Waals surface area contributed by atoms with E-state index in [-0.39, 0.29) is 5.91 Å². The topological polar surface area (TPSA) is 49.0 Å². The summed E-state index contributed by atoms with van der Waals surface area (Å²) >= 11 is 0. The summed E-state index contributed by atoms with van der Waals surface area (Å²) in [6, 6.07) is 3.71. The van der Waals surface area contributed by atoms with E-state index in [1.54, 1.807) is 6.20 Å². The summed E-state index contributed by atoms with van der Waals surface area (Å²) in [5, 5.41) is 6.45. The Morgan fingerprint density at radius 3 is 3.00 bits per heavy atom. The smallest absolute Gasteiger partial charge is 0.257 e. The maximum Gasteiger partial charge on any atom is 0.257 e. The van der Waals surface area contributed by atoms with Crippen molar-refractivity contribution in [1.29, 1.82) is 0 Å². The predicted octanol–water partition coefficient (Wildman–Crippen LogP) is 3.17. The lowest BCUT2D eigenvalue weighted by Crippen LogP contribution is -2.39. The Labute approximate surface area is 133 Å². The van der Waals surface area contributed by atoms with Gasteiger partial charge < -0.3 is 4.90 Å². The summed E-state index contributed by atoms with van der Waals surface area (Å²) in [6.07, 6.45) is 6.44. The van der Waals surface area contributed by atoms with Crippen molar-refractivity contribution in [2.45, 2.75) is 25.7 Å². The molecule has 0 aliphatic carbocycles. The first-order valence-corrected chi connectivity index (χ1v) is 7.85. The molecule has 3 rings (SSSR count). The molecule has 0 saturated carbocycles. The summed E-state index contributed by atoms with van der Waals surface area (Å²) in [6.45, 7) is 1.41. The molecule has 1 fully saturated rings. The van der Waals surface area contributed by atoms with Crippen molar-refractivity contribution in [1.82, 2.24) is 15.1 Å². The number of nitrogens with one attached hydrogen (secondary N) is 1. The number of aromatic nitrogens is 2. The van der Waals surface area contributed by atoms with Crippen LogP contribution < -0.4 is 0 Å². The minimum Gasteiger partial charge on any atom is -0.338 e. The minimum absolute atomic E-state index is 0.0172. The van der Waals surface area contributed by atoms with Crippen LogP contribution in [0.2, 0.25) is 0 Å². The number of rotatable bonds is 4. The first-order valence-electron chi connectivity index (χ1n) is 7.85. The number of halogens is 2. The van der Waals surface area contributed by atoms with Gasteiger partial charge >= 0.3 is 0 Å². The van der Waals surface area contributed by atoms with Crippen molar-refractivity contribution in [3.63, 3.8) is 0 Å². The lowest BCUT2D eigenvalue weighted by Gasteiger charge is -2.32. The molecule has 0 bridgehead atoms. The van der Waals surface area contributed by atoms with Crippen molar-refractivity contribution >= 4 is 5.91 Å². The van der Waals surface area contributed by atoms with Crippen molar-refractivity contribution in [3.8, 4) is 0 Å².